The summed E-state index contributed by atoms with van der Waals surface area (Å²) in [6.07, 6.45) is -5.31. The first-order valence-corrected chi connectivity index (χ1v) is 19.2. The minimum Gasteiger partial charge on any atom is -0.489 e. The van der Waals surface area contributed by atoms with Crippen molar-refractivity contribution in [3.63, 3.8) is 0 Å². The van der Waals surface area contributed by atoms with E-state index in [9.17, 15) is 23.4 Å². The summed E-state index contributed by atoms with van der Waals surface area (Å²) in [6, 6.07) is 42.3. The van der Waals surface area contributed by atoms with E-state index in [2.05, 4.69) is 0 Å². The third-order valence-electron chi connectivity index (χ3n) is 9.32. The van der Waals surface area contributed by atoms with Crippen molar-refractivity contribution in [2.24, 2.45) is 0 Å². The van der Waals surface area contributed by atoms with Crippen LogP contribution >= 0.6 is 0 Å². The fourth-order valence-corrected chi connectivity index (χ4v) is 6.03. The van der Waals surface area contributed by atoms with Crippen LogP contribution in [0.3, 0.4) is 0 Å². The van der Waals surface area contributed by atoms with Crippen LogP contribution < -0.4 is 9.47 Å². The van der Waals surface area contributed by atoms with Gasteiger partial charge < -0.3 is 38.6 Å². The van der Waals surface area contributed by atoms with E-state index in [0.717, 1.165) is 16.7 Å². The molecule has 4 atom stereocenters. The van der Waals surface area contributed by atoms with Crippen LogP contribution in [0.15, 0.2) is 152 Å². The minimum absolute atomic E-state index is 0.0242. The lowest BCUT2D eigenvalue weighted by atomic mass is 10.0. The Balaban J connectivity index is 1.16. The molecule has 0 heterocycles. The van der Waals surface area contributed by atoms with Crippen LogP contribution in [0, 0.1) is 17.5 Å². The van der Waals surface area contributed by atoms with Crippen LogP contribution in [-0.4, -0.2) is 47.8 Å². The molecule has 308 valence electrons. The van der Waals surface area contributed by atoms with Gasteiger partial charge in [-0.2, -0.15) is 0 Å². The van der Waals surface area contributed by atoms with Crippen molar-refractivity contribution < 1.29 is 51.8 Å². The van der Waals surface area contributed by atoms with Gasteiger partial charge in [0, 0.05) is 6.07 Å². The van der Waals surface area contributed by atoms with E-state index in [1.165, 1.54) is 36.4 Å². The number of halogens is 3. The van der Waals surface area contributed by atoms with Gasteiger partial charge in [-0.3, -0.25) is 0 Å². The van der Waals surface area contributed by atoms with Gasteiger partial charge in [-0.05, 0) is 81.9 Å². The summed E-state index contributed by atoms with van der Waals surface area (Å²) in [4.78, 5) is 0. The maximum absolute atomic E-state index is 13.7. The zero-order valence-electron chi connectivity index (χ0n) is 32.4. The second-order valence-corrected chi connectivity index (χ2v) is 14.0. The molecule has 0 aliphatic carbocycles. The van der Waals surface area contributed by atoms with Crippen LogP contribution in [0.25, 0.3) is 0 Å². The summed E-state index contributed by atoms with van der Waals surface area (Å²) in [7, 11) is 0. The molecule has 0 spiro atoms. The average molecular weight is 809 g/mol. The maximum atomic E-state index is 13.7. The Morgan fingerprint density at radius 2 is 0.712 bits per heavy atom. The standard InChI is InChI=1S/C48H47F3O8/c49-40-17-11-36(12-18-40)26-54-32-45(58-30-37-13-19-41(50)20-14-37)47(52)48(53)46(59-31-38-15-21-42(51)22-16-38)33-55-27-39-23-43(56-28-34-7-3-1-4-8-34)25-44(24-39)57-29-35-9-5-2-6-10-35/h1-25,45-48,52-53H,26-33H2/t45-,46-,47-,48-/m1/s1. The van der Waals surface area contributed by atoms with Gasteiger partial charge in [0.05, 0.1) is 39.6 Å². The van der Waals surface area contributed by atoms with Crippen molar-refractivity contribution in [2.75, 3.05) is 13.2 Å². The smallest absolute Gasteiger partial charge is 0.123 e. The predicted molar refractivity (Wildman–Crippen MR) is 216 cm³/mol. The molecule has 0 saturated carbocycles. The van der Waals surface area contributed by atoms with Gasteiger partial charge in [0.2, 0.25) is 0 Å². The van der Waals surface area contributed by atoms with E-state index in [-0.39, 0.29) is 45.5 Å². The Morgan fingerprint density at radius 3 is 1.10 bits per heavy atom. The zero-order chi connectivity index (χ0) is 41.2. The molecule has 6 aromatic rings. The molecular formula is C48H47F3O8. The molecule has 0 amide bonds. The highest BCUT2D eigenvalue weighted by Crippen LogP contribution is 2.26. The number of hydrogen-bond acceptors (Lipinski definition) is 8. The van der Waals surface area contributed by atoms with Gasteiger partial charge >= 0.3 is 0 Å². The van der Waals surface area contributed by atoms with Crippen LogP contribution in [0.4, 0.5) is 13.2 Å². The van der Waals surface area contributed by atoms with E-state index in [0.29, 0.717) is 41.4 Å². The predicted octanol–water partition coefficient (Wildman–Crippen LogP) is 8.89. The van der Waals surface area contributed by atoms with E-state index in [1.54, 1.807) is 36.4 Å². The van der Waals surface area contributed by atoms with Gasteiger partial charge in [0.25, 0.3) is 0 Å². The topological polar surface area (TPSA) is 95.8 Å². The number of rotatable bonds is 23. The molecule has 11 heteroatoms. The number of aliphatic hydroxyl groups excluding tert-OH is 2. The quantitative estimate of drug-likeness (QED) is 0.0664. The summed E-state index contributed by atoms with van der Waals surface area (Å²) in [6.45, 7) is 0.437. The van der Waals surface area contributed by atoms with Crippen molar-refractivity contribution in [1.82, 2.24) is 0 Å². The lowest BCUT2D eigenvalue weighted by Gasteiger charge is -2.32. The van der Waals surface area contributed by atoms with Gasteiger partial charge in [0.15, 0.2) is 0 Å². The van der Waals surface area contributed by atoms with E-state index < -0.39 is 36.1 Å². The molecule has 59 heavy (non-hydrogen) atoms. The molecule has 0 unspecified atom stereocenters. The van der Waals surface area contributed by atoms with Crippen LogP contribution in [0.2, 0.25) is 0 Å². The number of hydrogen-bond donors (Lipinski definition) is 2. The molecule has 0 radical (unpaired) electrons. The summed E-state index contributed by atoms with van der Waals surface area (Å²) in [5, 5.41) is 23.4. The number of ether oxygens (including phenoxy) is 6. The Kier molecular flexibility index (Phi) is 16.5. The second-order valence-electron chi connectivity index (χ2n) is 14.0. The summed E-state index contributed by atoms with van der Waals surface area (Å²) < 4.78 is 77.3. The van der Waals surface area contributed by atoms with Crippen molar-refractivity contribution in [2.45, 2.75) is 64.1 Å². The lowest BCUT2D eigenvalue weighted by molar-refractivity contribution is -0.170. The molecule has 0 fully saturated rings. The van der Waals surface area contributed by atoms with Crippen LogP contribution in [-0.2, 0) is 58.6 Å². The molecule has 0 aliphatic rings. The first kappa shape index (κ1) is 43.1. The summed E-state index contributed by atoms with van der Waals surface area (Å²) >= 11 is 0. The molecular weight excluding hydrogens is 762 g/mol. The molecule has 0 saturated heterocycles. The zero-order valence-corrected chi connectivity index (χ0v) is 32.4. The van der Waals surface area contributed by atoms with Gasteiger partial charge in [-0.15, -0.1) is 0 Å². The van der Waals surface area contributed by atoms with Crippen molar-refractivity contribution in [3.8, 4) is 11.5 Å². The molecule has 6 rings (SSSR count). The number of benzene rings is 6. The number of aliphatic hydroxyl groups is 2. The highest BCUT2D eigenvalue weighted by Gasteiger charge is 2.34. The first-order valence-electron chi connectivity index (χ1n) is 19.2. The Labute approximate surface area is 342 Å². The van der Waals surface area contributed by atoms with Crippen LogP contribution in [0.5, 0.6) is 11.5 Å². The molecule has 2 N–H and O–H groups in total. The van der Waals surface area contributed by atoms with Crippen molar-refractivity contribution >= 4 is 0 Å². The molecule has 0 bridgehead atoms. The highest BCUT2D eigenvalue weighted by atomic mass is 19.1. The monoisotopic (exact) mass is 808 g/mol. The van der Waals surface area contributed by atoms with Crippen molar-refractivity contribution in [3.05, 3.63) is 202 Å². The molecule has 8 nitrogen and oxygen atoms in total. The SMILES string of the molecule is O[C@@H]([C@H](O)[C@@H](COCc1cc(OCc2ccccc2)cc(OCc2ccccc2)c1)OCc1ccc(F)cc1)[C@@H](COCc1ccc(F)cc1)OCc1ccc(F)cc1. The normalized spacial score (nSPS) is 13.4. The van der Waals surface area contributed by atoms with Gasteiger partial charge in [-0.1, -0.05) is 97.1 Å². The maximum Gasteiger partial charge on any atom is 0.123 e. The molecule has 0 aliphatic heterocycles. The van der Waals surface area contributed by atoms with Crippen molar-refractivity contribution in [1.29, 1.82) is 0 Å². The Morgan fingerprint density at radius 1 is 0.373 bits per heavy atom. The van der Waals surface area contributed by atoms with Gasteiger partial charge in [0.1, 0.15) is 66.6 Å². The highest BCUT2D eigenvalue weighted by molar-refractivity contribution is 5.39. The Bertz CT molecular complexity index is 2040. The van der Waals surface area contributed by atoms with E-state index >= 15 is 0 Å². The second kappa shape index (κ2) is 22.6. The lowest BCUT2D eigenvalue weighted by Crippen LogP contribution is -2.49. The fraction of sp³-hybridized carbons (Fsp3) is 0.250. The third-order valence-corrected chi connectivity index (χ3v) is 9.32. The van der Waals surface area contributed by atoms with Gasteiger partial charge in [-0.25, -0.2) is 13.2 Å². The summed E-state index contributed by atoms with van der Waals surface area (Å²) in [5.41, 5.74) is 4.67. The van der Waals surface area contributed by atoms with Crippen LogP contribution in [0.1, 0.15) is 33.4 Å². The average Bonchev–Trinajstić information content (AvgIpc) is 3.26. The fourth-order valence-electron chi connectivity index (χ4n) is 6.03. The van der Waals surface area contributed by atoms with E-state index in [1.807, 2.05) is 78.9 Å². The molecule has 0 aromatic heterocycles. The largest absolute Gasteiger partial charge is 0.489 e. The molecule has 6 aromatic carbocycles. The van der Waals surface area contributed by atoms with E-state index in [4.69, 9.17) is 28.4 Å². The first-order chi connectivity index (χ1) is 28.8. The Hall–Kier alpha value is -5.53. The summed E-state index contributed by atoms with van der Waals surface area (Å²) in [5.74, 6) is -0.0683. The third kappa shape index (κ3) is 14.4. The minimum atomic E-state index is -1.56.